The van der Waals surface area contributed by atoms with Crippen LogP contribution in [0.15, 0.2) is 54.6 Å². The first kappa shape index (κ1) is 22.6. The lowest BCUT2D eigenvalue weighted by molar-refractivity contribution is -0.147. The molecule has 4 N–H and O–H groups in total. The number of esters is 1. The van der Waals surface area contributed by atoms with Crippen molar-refractivity contribution in [1.29, 1.82) is 0 Å². The van der Waals surface area contributed by atoms with Crippen LogP contribution in [0, 0.1) is 0 Å². The lowest BCUT2D eigenvalue weighted by Crippen LogP contribution is -2.61. The number of hydrogen-bond acceptors (Lipinski definition) is 7. The number of nitrogens with one attached hydrogen (secondary N) is 1. The van der Waals surface area contributed by atoms with Crippen LogP contribution in [0.25, 0.3) is 0 Å². The number of methoxy groups -OCH3 is 1. The van der Waals surface area contributed by atoms with Crippen LogP contribution in [0.4, 0.5) is 0 Å². The molecule has 0 saturated heterocycles. The van der Waals surface area contributed by atoms with Gasteiger partial charge in [-0.2, -0.15) is 0 Å². The smallest absolute Gasteiger partial charge is 0.329 e. The second-order valence-electron chi connectivity index (χ2n) is 7.11. The normalized spacial score (nSPS) is 15.5. The predicted molar refractivity (Wildman–Crippen MR) is 110 cm³/mol. The Bertz CT molecular complexity index is 1040. The standard InChI is InChI=1S/C22H21N3O7/c1-32-22(31)15(11-12-7-3-2-4-8-12)24-18(26)16(23)17(21(29)30)25-19(27)13-9-5-6-10-14(13)20(25)28/h2-10,15-17H,11,23H2,1H3,(H,24,26)(H,29,30). The first-order valence-corrected chi connectivity index (χ1v) is 9.63. The highest BCUT2D eigenvalue weighted by Gasteiger charge is 2.47. The molecule has 3 amide bonds. The number of carboxylic acids is 1. The summed E-state index contributed by atoms with van der Waals surface area (Å²) in [6, 6.07) is 9.61. The van der Waals surface area contributed by atoms with Crippen LogP contribution in [0.3, 0.4) is 0 Å². The van der Waals surface area contributed by atoms with Gasteiger partial charge in [-0.15, -0.1) is 0 Å². The molecule has 1 aliphatic heterocycles. The number of rotatable bonds is 8. The number of carboxylic acid groups (broad SMARTS) is 1. The summed E-state index contributed by atoms with van der Waals surface area (Å²) in [4.78, 5) is 62.7. The quantitative estimate of drug-likeness (QED) is 0.382. The monoisotopic (exact) mass is 439 g/mol. The number of imide groups is 1. The number of carbonyl (C=O) groups is 5. The lowest BCUT2D eigenvalue weighted by Gasteiger charge is -2.28. The summed E-state index contributed by atoms with van der Waals surface area (Å²) in [6.45, 7) is 0. The van der Waals surface area contributed by atoms with Crippen LogP contribution in [-0.4, -0.2) is 64.9 Å². The van der Waals surface area contributed by atoms with Gasteiger partial charge in [0.2, 0.25) is 5.91 Å². The predicted octanol–water partition coefficient (Wildman–Crippen LogP) is -0.0364. The number of amides is 3. The number of ether oxygens (including phenoxy) is 1. The van der Waals surface area contributed by atoms with Gasteiger partial charge in [-0.1, -0.05) is 42.5 Å². The molecule has 0 fully saturated rings. The molecule has 0 saturated carbocycles. The summed E-state index contributed by atoms with van der Waals surface area (Å²) in [5.74, 6) is -5.16. The van der Waals surface area contributed by atoms with Gasteiger partial charge in [0.15, 0.2) is 6.04 Å². The highest BCUT2D eigenvalue weighted by atomic mass is 16.5. The molecule has 10 heteroatoms. The number of benzene rings is 2. The van der Waals surface area contributed by atoms with E-state index in [-0.39, 0.29) is 17.5 Å². The summed E-state index contributed by atoms with van der Waals surface area (Å²) in [6.07, 6.45) is 0.0662. The third kappa shape index (κ3) is 4.35. The molecule has 166 valence electrons. The SMILES string of the molecule is COC(=O)C(Cc1ccccc1)NC(=O)C(N)C(C(=O)O)N1C(=O)c2ccccc2C1=O. The fourth-order valence-corrected chi connectivity index (χ4v) is 3.48. The second-order valence-corrected chi connectivity index (χ2v) is 7.11. The molecule has 3 atom stereocenters. The Morgan fingerprint density at radius 3 is 2.03 bits per heavy atom. The van der Waals surface area contributed by atoms with Crippen molar-refractivity contribution in [2.24, 2.45) is 5.73 Å². The van der Waals surface area contributed by atoms with E-state index in [1.165, 1.54) is 24.3 Å². The van der Waals surface area contributed by atoms with Crippen LogP contribution >= 0.6 is 0 Å². The fourth-order valence-electron chi connectivity index (χ4n) is 3.48. The zero-order chi connectivity index (χ0) is 23.4. The molecular weight excluding hydrogens is 418 g/mol. The number of nitrogens with two attached hydrogens (primary N) is 1. The summed E-state index contributed by atoms with van der Waals surface area (Å²) in [5.41, 5.74) is 6.65. The average Bonchev–Trinajstić information content (AvgIpc) is 3.04. The number of fused-ring (bicyclic) bond motifs is 1. The van der Waals surface area contributed by atoms with Gasteiger partial charge in [0.1, 0.15) is 12.1 Å². The van der Waals surface area contributed by atoms with Gasteiger partial charge >= 0.3 is 11.9 Å². The average molecular weight is 439 g/mol. The molecule has 32 heavy (non-hydrogen) atoms. The Morgan fingerprint density at radius 2 is 1.53 bits per heavy atom. The van der Waals surface area contributed by atoms with Gasteiger partial charge in [0.05, 0.1) is 18.2 Å². The number of hydrogen-bond donors (Lipinski definition) is 3. The first-order chi connectivity index (χ1) is 15.3. The first-order valence-electron chi connectivity index (χ1n) is 9.63. The van der Waals surface area contributed by atoms with Gasteiger partial charge in [-0.05, 0) is 17.7 Å². The molecule has 0 aliphatic carbocycles. The third-order valence-corrected chi connectivity index (χ3v) is 5.08. The number of nitrogens with zero attached hydrogens (tertiary/aromatic N) is 1. The van der Waals surface area contributed by atoms with Gasteiger partial charge in [0, 0.05) is 6.42 Å². The molecule has 10 nitrogen and oxygen atoms in total. The van der Waals surface area contributed by atoms with Crippen molar-refractivity contribution < 1.29 is 33.8 Å². The molecule has 0 spiro atoms. The van der Waals surface area contributed by atoms with Crippen LogP contribution in [0.2, 0.25) is 0 Å². The topological polar surface area (TPSA) is 156 Å². The Balaban J connectivity index is 1.83. The fraction of sp³-hybridized carbons (Fsp3) is 0.227. The Morgan fingerprint density at radius 1 is 1.00 bits per heavy atom. The van der Waals surface area contributed by atoms with E-state index in [1.54, 1.807) is 30.3 Å². The maximum Gasteiger partial charge on any atom is 0.329 e. The summed E-state index contributed by atoms with van der Waals surface area (Å²) in [7, 11) is 1.14. The van der Waals surface area contributed by atoms with E-state index in [9.17, 15) is 29.1 Å². The van der Waals surface area contributed by atoms with Crippen molar-refractivity contribution in [3.63, 3.8) is 0 Å². The van der Waals surface area contributed by atoms with Crippen LogP contribution < -0.4 is 11.1 Å². The second kappa shape index (κ2) is 9.40. The highest BCUT2D eigenvalue weighted by Crippen LogP contribution is 2.25. The maximum atomic E-state index is 12.8. The third-order valence-electron chi connectivity index (χ3n) is 5.08. The molecule has 3 unspecified atom stereocenters. The van der Waals surface area contributed by atoms with E-state index >= 15 is 0 Å². The number of aliphatic carboxylic acids is 1. The van der Waals surface area contributed by atoms with E-state index in [2.05, 4.69) is 5.32 Å². The van der Waals surface area contributed by atoms with Crippen molar-refractivity contribution >= 4 is 29.7 Å². The van der Waals surface area contributed by atoms with Crippen molar-refractivity contribution in [1.82, 2.24) is 10.2 Å². The van der Waals surface area contributed by atoms with Gasteiger partial charge in [0.25, 0.3) is 11.8 Å². The largest absolute Gasteiger partial charge is 0.480 e. The zero-order valence-corrected chi connectivity index (χ0v) is 17.1. The van der Waals surface area contributed by atoms with E-state index < -0.39 is 47.8 Å². The molecule has 0 bridgehead atoms. The van der Waals surface area contributed by atoms with Crippen molar-refractivity contribution in [2.75, 3.05) is 7.11 Å². The van der Waals surface area contributed by atoms with E-state index in [0.717, 1.165) is 7.11 Å². The molecule has 2 aromatic carbocycles. The van der Waals surface area contributed by atoms with Crippen LogP contribution in [0.1, 0.15) is 26.3 Å². The Hall–Kier alpha value is -4.05. The minimum absolute atomic E-state index is 0.0212. The molecular formula is C22H21N3O7. The van der Waals surface area contributed by atoms with Crippen molar-refractivity contribution in [3.8, 4) is 0 Å². The van der Waals surface area contributed by atoms with Gasteiger partial charge in [-0.3, -0.25) is 19.3 Å². The van der Waals surface area contributed by atoms with Crippen molar-refractivity contribution in [2.45, 2.75) is 24.5 Å². The van der Waals surface area contributed by atoms with Gasteiger partial charge < -0.3 is 20.9 Å². The summed E-state index contributed by atoms with van der Waals surface area (Å²) in [5, 5.41) is 12.1. The molecule has 0 radical (unpaired) electrons. The molecule has 3 rings (SSSR count). The maximum absolute atomic E-state index is 12.8. The van der Waals surface area contributed by atoms with E-state index in [4.69, 9.17) is 10.5 Å². The molecule has 1 aliphatic rings. The molecule has 2 aromatic rings. The van der Waals surface area contributed by atoms with Crippen molar-refractivity contribution in [3.05, 3.63) is 71.3 Å². The zero-order valence-electron chi connectivity index (χ0n) is 17.1. The molecule has 0 aromatic heterocycles. The highest BCUT2D eigenvalue weighted by molar-refractivity contribution is 6.23. The lowest BCUT2D eigenvalue weighted by atomic mass is 10.0. The summed E-state index contributed by atoms with van der Waals surface area (Å²) >= 11 is 0. The number of carbonyl (C=O) groups excluding carboxylic acids is 4. The van der Waals surface area contributed by atoms with Crippen LogP contribution in [-0.2, 0) is 25.5 Å². The Labute approximate surface area is 182 Å². The molecule has 1 heterocycles. The minimum Gasteiger partial charge on any atom is -0.480 e. The summed E-state index contributed by atoms with van der Waals surface area (Å²) < 4.78 is 4.72. The van der Waals surface area contributed by atoms with E-state index in [0.29, 0.717) is 10.5 Å². The van der Waals surface area contributed by atoms with Crippen LogP contribution in [0.5, 0.6) is 0 Å². The Kier molecular flexibility index (Phi) is 6.64. The minimum atomic E-state index is -1.97. The van der Waals surface area contributed by atoms with Gasteiger partial charge in [-0.25, -0.2) is 9.59 Å². The van der Waals surface area contributed by atoms with E-state index in [1.807, 2.05) is 0 Å².